The van der Waals surface area contributed by atoms with E-state index in [2.05, 4.69) is 4.98 Å². The van der Waals surface area contributed by atoms with Crippen LogP contribution in [0.2, 0.25) is 0 Å². The Morgan fingerprint density at radius 2 is 1.92 bits per heavy atom. The Hall–Kier alpha value is -2.48. The first-order chi connectivity index (χ1) is 11.4. The maximum Gasteiger partial charge on any atom is 0.350 e. The number of carbonyl (C=O) groups is 2. The molecule has 0 aliphatic rings. The molecule has 0 bridgehead atoms. The van der Waals surface area contributed by atoms with Crippen molar-refractivity contribution in [2.24, 2.45) is 0 Å². The highest BCUT2D eigenvalue weighted by atomic mass is 32.1. The first-order valence-corrected chi connectivity index (χ1v) is 7.90. The van der Waals surface area contributed by atoms with Gasteiger partial charge in [0.2, 0.25) is 0 Å². The first-order valence-electron chi connectivity index (χ1n) is 7.08. The number of carbonyl (C=O) groups excluding carboxylic acids is 2. The molecule has 0 aliphatic heterocycles. The van der Waals surface area contributed by atoms with Crippen LogP contribution in [0.15, 0.2) is 24.3 Å². The summed E-state index contributed by atoms with van der Waals surface area (Å²) in [6.07, 6.45) is 0. The van der Waals surface area contributed by atoms with Crippen molar-refractivity contribution in [3.05, 3.63) is 45.7 Å². The van der Waals surface area contributed by atoms with Gasteiger partial charge in [-0.3, -0.25) is 4.79 Å². The number of nitrogens with zero attached hydrogens (tertiary/aromatic N) is 2. The van der Waals surface area contributed by atoms with Crippen LogP contribution >= 0.6 is 11.3 Å². The summed E-state index contributed by atoms with van der Waals surface area (Å²) in [4.78, 5) is 29.4. The fraction of sp³-hybridized carbons (Fsp3) is 0.312. The third kappa shape index (κ3) is 4.76. The summed E-state index contributed by atoms with van der Waals surface area (Å²) < 4.78 is 23.3. The van der Waals surface area contributed by atoms with Gasteiger partial charge in [-0.15, -0.1) is 11.3 Å². The first kappa shape index (κ1) is 17.9. The molecule has 0 spiro atoms. The van der Waals surface area contributed by atoms with Gasteiger partial charge in [-0.25, -0.2) is 14.2 Å². The van der Waals surface area contributed by atoms with Crippen LogP contribution < -0.4 is 4.74 Å². The zero-order chi connectivity index (χ0) is 17.7. The van der Waals surface area contributed by atoms with Gasteiger partial charge in [-0.1, -0.05) is 0 Å². The van der Waals surface area contributed by atoms with Crippen molar-refractivity contribution in [1.29, 1.82) is 0 Å². The van der Waals surface area contributed by atoms with E-state index in [0.717, 1.165) is 11.3 Å². The maximum atomic E-state index is 12.8. The smallest absolute Gasteiger partial charge is 0.350 e. The molecule has 1 heterocycles. The Morgan fingerprint density at radius 3 is 2.54 bits per heavy atom. The van der Waals surface area contributed by atoms with Crippen molar-refractivity contribution >= 4 is 23.2 Å². The lowest BCUT2D eigenvalue weighted by Gasteiger charge is -2.09. The Kier molecular flexibility index (Phi) is 5.86. The number of aromatic nitrogens is 1. The highest BCUT2D eigenvalue weighted by Crippen LogP contribution is 2.21. The quantitative estimate of drug-likeness (QED) is 0.747. The molecule has 0 N–H and O–H groups in total. The average Bonchev–Trinajstić information content (AvgIpc) is 2.92. The van der Waals surface area contributed by atoms with Gasteiger partial charge >= 0.3 is 5.97 Å². The molecule has 0 saturated heterocycles. The van der Waals surface area contributed by atoms with Gasteiger partial charge in [0.15, 0.2) is 6.61 Å². The molecule has 2 aromatic rings. The van der Waals surface area contributed by atoms with Crippen LogP contribution in [0.25, 0.3) is 0 Å². The van der Waals surface area contributed by atoms with E-state index in [-0.39, 0.29) is 24.9 Å². The van der Waals surface area contributed by atoms with Crippen LogP contribution in [0.4, 0.5) is 4.39 Å². The van der Waals surface area contributed by atoms with Crippen molar-refractivity contribution in [2.45, 2.75) is 13.5 Å². The van der Waals surface area contributed by atoms with Crippen molar-refractivity contribution < 1.29 is 23.5 Å². The molecule has 1 aromatic heterocycles. The molecule has 8 heteroatoms. The zero-order valence-corrected chi connectivity index (χ0v) is 14.4. The van der Waals surface area contributed by atoms with Gasteiger partial charge in [0.05, 0.1) is 5.69 Å². The molecule has 0 saturated carbocycles. The van der Waals surface area contributed by atoms with Crippen LogP contribution in [0.1, 0.15) is 20.4 Å². The second-order valence-corrected chi connectivity index (χ2v) is 6.21. The van der Waals surface area contributed by atoms with E-state index in [1.807, 2.05) is 0 Å². The molecule has 0 atom stereocenters. The fourth-order valence-electron chi connectivity index (χ4n) is 1.70. The lowest BCUT2D eigenvalue weighted by atomic mass is 10.3. The average molecular weight is 352 g/mol. The number of hydrogen-bond donors (Lipinski definition) is 0. The molecule has 1 amide bonds. The van der Waals surface area contributed by atoms with Crippen LogP contribution in [-0.2, 0) is 16.1 Å². The standard InChI is InChI=1S/C16H17FN2O4S/c1-10-15(16(21)23-9-14(20)19(2)3)24-13(18-10)8-22-12-6-4-11(17)5-7-12/h4-7H,8-9H2,1-3H3. The number of rotatable bonds is 6. The van der Waals surface area contributed by atoms with E-state index < -0.39 is 5.97 Å². The van der Waals surface area contributed by atoms with Crippen LogP contribution in [-0.4, -0.2) is 42.5 Å². The SMILES string of the molecule is Cc1nc(COc2ccc(F)cc2)sc1C(=O)OCC(=O)N(C)C. The minimum absolute atomic E-state index is 0.154. The van der Waals surface area contributed by atoms with Crippen LogP contribution in [0.5, 0.6) is 5.75 Å². The van der Waals surface area contributed by atoms with Crippen molar-refractivity contribution in [3.63, 3.8) is 0 Å². The second kappa shape index (κ2) is 7.87. The molecule has 0 radical (unpaired) electrons. The van der Waals surface area contributed by atoms with Gasteiger partial charge < -0.3 is 14.4 Å². The molecule has 6 nitrogen and oxygen atoms in total. The van der Waals surface area contributed by atoms with E-state index in [9.17, 15) is 14.0 Å². The van der Waals surface area contributed by atoms with Gasteiger partial charge in [0.25, 0.3) is 5.91 Å². The molecular weight excluding hydrogens is 335 g/mol. The molecular formula is C16H17FN2O4S. The number of aryl methyl sites for hydroxylation is 1. The molecule has 128 valence electrons. The molecule has 0 fully saturated rings. The lowest BCUT2D eigenvalue weighted by molar-refractivity contribution is -0.131. The number of halogens is 1. The zero-order valence-electron chi connectivity index (χ0n) is 13.5. The summed E-state index contributed by atoms with van der Waals surface area (Å²) in [7, 11) is 3.16. The van der Waals surface area contributed by atoms with Gasteiger partial charge in [-0.05, 0) is 31.2 Å². The van der Waals surface area contributed by atoms with E-state index in [4.69, 9.17) is 9.47 Å². The summed E-state index contributed by atoms with van der Waals surface area (Å²) in [5.74, 6) is -0.728. The number of hydrogen-bond acceptors (Lipinski definition) is 6. The van der Waals surface area contributed by atoms with Gasteiger partial charge in [-0.2, -0.15) is 0 Å². The third-order valence-electron chi connectivity index (χ3n) is 3.03. The summed E-state index contributed by atoms with van der Waals surface area (Å²) in [5.41, 5.74) is 0.514. The predicted octanol–water partition coefficient (Wildman–Crippen LogP) is 2.41. The van der Waals surface area contributed by atoms with E-state index in [1.165, 1.54) is 29.2 Å². The molecule has 24 heavy (non-hydrogen) atoms. The molecule has 0 unspecified atom stereocenters. The highest BCUT2D eigenvalue weighted by molar-refractivity contribution is 7.13. The normalized spacial score (nSPS) is 10.3. The largest absolute Gasteiger partial charge is 0.486 e. The summed E-state index contributed by atoms with van der Waals surface area (Å²) in [5, 5.41) is 0.586. The lowest BCUT2D eigenvalue weighted by Crippen LogP contribution is -2.27. The Bertz CT molecular complexity index is 728. The summed E-state index contributed by atoms with van der Waals surface area (Å²) in [6.45, 7) is 1.52. The molecule has 0 aliphatic carbocycles. The molecule has 1 aromatic carbocycles. The fourth-order valence-corrected chi connectivity index (χ4v) is 2.57. The number of benzene rings is 1. The Morgan fingerprint density at radius 1 is 1.25 bits per heavy atom. The number of ether oxygens (including phenoxy) is 2. The minimum atomic E-state index is -0.590. The maximum absolute atomic E-state index is 12.8. The van der Waals surface area contributed by atoms with Crippen molar-refractivity contribution in [3.8, 4) is 5.75 Å². The predicted molar refractivity (Wildman–Crippen MR) is 86.6 cm³/mol. The van der Waals surface area contributed by atoms with Gasteiger partial charge in [0.1, 0.15) is 28.1 Å². The van der Waals surface area contributed by atoms with E-state index in [0.29, 0.717) is 21.3 Å². The van der Waals surface area contributed by atoms with E-state index in [1.54, 1.807) is 21.0 Å². The second-order valence-electron chi connectivity index (χ2n) is 5.13. The Labute approximate surface area is 142 Å². The molecule has 2 rings (SSSR count). The minimum Gasteiger partial charge on any atom is -0.486 e. The topological polar surface area (TPSA) is 68.7 Å². The van der Waals surface area contributed by atoms with Gasteiger partial charge in [0, 0.05) is 14.1 Å². The van der Waals surface area contributed by atoms with Crippen molar-refractivity contribution in [2.75, 3.05) is 20.7 Å². The number of thiazole rings is 1. The number of esters is 1. The van der Waals surface area contributed by atoms with Crippen LogP contribution in [0, 0.1) is 12.7 Å². The number of likely N-dealkylation sites (N-methyl/N-ethyl adjacent to an activating group) is 1. The highest BCUT2D eigenvalue weighted by Gasteiger charge is 2.18. The van der Waals surface area contributed by atoms with Crippen LogP contribution in [0.3, 0.4) is 0 Å². The monoisotopic (exact) mass is 352 g/mol. The third-order valence-corrected chi connectivity index (χ3v) is 4.14. The number of amides is 1. The van der Waals surface area contributed by atoms with E-state index >= 15 is 0 Å². The Balaban J connectivity index is 1.95. The summed E-state index contributed by atoms with van der Waals surface area (Å²) in [6, 6.07) is 5.62. The van der Waals surface area contributed by atoms with Crippen molar-refractivity contribution in [1.82, 2.24) is 9.88 Å². The summed E-state index contributed by atoms with van der Waals surface area (Å²) >= 11 is 1.14.